The molecule has 0 aromatic carbocycles. The molecule has 1 atom stereocenters. The van der Waals surface area contributed by atoms with E-state index in [1.165, 1.54) is 11.6 Å². The zero-order chi connectivity index (χ0) is 20.4. The number of morpholine rings is 1. The highest BCUT2D eigenvalue weighted by Crippen LogP contribution is 2.19. The van der Waals surface area contributed by atoms with Crippen LogP contribution < -0.4 is 16.6 Å². The van der Waals surface area contributed by atoms with Gasteiger partial charge in [0.2, 0.25) is 0 Å². The van der Waals surface area contributed by atoms with Crippen LogP contribution in [-0.4, -0.2) is 64.2 Å². The van der Waals surface area contributed by atoms with Crippen LogP contribution in [0.2, 0.25) is 0 Å². The molecule has 1 aliphatic rings. The summed E-state index contributed by atoms with van der Waals surface area (Å²) in [7, 11) is 1.53. The lowest BCUT2D eigenvalue weighted by Crippen LogP contribution is -2.46. The molecule has 0 spiro atoms. The molecule has 0 aliphatic carbocycles. The lowest BCUT2D eigenvalue weighted by Gasteiger charge is -2.29. The highest BCUT2D eigenvalue weighted by Gasteiger charge is 2.21. The van der Waals surface area contributed by atoms with E-state index in [1.54, 1.807) is 6.07 Å². The van der Waals surface area contributed by atoms with Gasteiger partial charge in [0.05, 0.1) is 24.2 Å². The van der Waals surface area contributed by atoms with Crippen LogP contribution >= 0.6 is 0 Å². The Bertz CT molecular complexity index is 988. The van der Waals surface area contributed by atoms with Crippen LogP contribution in [0.25, 0.3) is 11.0 Å². The maximum atomic E-state index is 13.0. The molecule has 152 valence electrons. The molecule has 2 aromatic rings. The summed E-state index contributed by atoms with van der Waals surface area (Å²) < 4.78 is 6.61. The number of hydrogen-bond acceptors (Lipinski definition) is 6. The molecule has 1 amide bonds. The van der Waals surface area contributed by atoms with Gasteiger partial charge < -0.3 is 10.1 Å². The summed E-state index contributed by atoms with van der Waals surface area (Å²) in [6.45, 7) is 9.57. The Morgan fingerprint density at radius 2 is 1.96 bits per heavy atom. The van der Waals surface area contributed by atoms with Crippen LogP contribution in [0.1, 0.15) is 42.7 Å². The monoisotopic (exact) mass is 389 g/mol. The van der Waals surface area contributed by atoms with Gasteiger partial charge in [-0.2, -0.15) is 0 Å². The fourth-order valence-electron chi connectivity index (χ4n) is 3.35. The number of H-pyrrole nitrogens is 1. The number of aromatic nitrogens is 3. The lowest BCUT2D eigenvalue weighted by atomic mass is 10.0. The molecule has 3 heterocycles. The number of nitrogens with zero attached hydrogens (tertiary/aromatic N) is 3. The van der Waals surface area contributed by atoms with E-state index in [0.717, 1.165) is 13.1 Å². The summed E-state index contributed by atoms with van der Waals surface area (Å²) in [5, 5.41) is 3.10. The van der Waals surface area contributed by atoms with Gasteiger partial charge in [-0.25, -0.2) is 9.78 Å². The smallest absolute Gasteiger partial charge is 0.329 e. The number of rotatable bonds is 5. The summed E-state index contributed by atoms with van der Waals surface area (Å²) in [4.78, 5) is 46.4. The first-order valence-electron chi connectivity index (χ1n) is 9.53. The summed E-state index contributed by atoms with van der Waals surface area (Å²) >= 11 is 0. The Labute approximate surface area is 162 Å². The van der Waals surface area contributed by atoms with Gasteiger partial charge in [-0.05, 0) is 18.9 Å². The molecule has 1 fully saturated rings. The second-order valence-corrected chi connectivity index (χ2v) is 7.55. The quantitative estimate of drug-likeness (QED) is 0.756. The molecular weight excluding hydrogens is 362 g/mol. The Hall–Kier alpha value is -2.52. The minimum atomic E-state index is -0.605. The van der Waals surface area contributed by atoms with Gasteiger partial charge in [0.15, 0.2) is 0 Å². The van der Waals surface area contributed by atoms with Gasteiger partial charge in [-0.3, -0.25) is 24.0 Å². The van der Waals surface area contributed by atoms with E-state index in [4.69, 9.17) is 4.74 Å². The Morgan fingerprint density at radius 1 is 1.29 bits per heavy atom. The fraction of sp³-hybridized carbons (Fsp3) is 0.579. The first-order chi connectivity index (χ1) is 13.3. The zero-order valence-electron chi connectivity index (χ0n) is 16.7. The Morgan fingerprint density at radius 3 is 2.61 bits per heavy atom. The lowest BCUT2D eigenvalue weighted by molar-refractivity contribution is 0.0342. The second-order valence-electron chi connectivity index (χ2n) is 7.55. The second kappa shape index (κ2) is 8.24. The Balaban J connectivity index is 1.96. The highest BCUT2D eigenvalue weighted by molar-refractivity contribution is 6.05. The molecule has 1 unspecified atom stereocenters. The van der Waals surface area contributed by atoms with Crippen molar-refractivity contribution in [3.63, 3.8) is 0 Å². The first-order valence-corrected chi connectivity index (χ1v) is 9.53. The summed E-state index contributed by atoms with van der Waals surface area (Å²) in [5.74, 6) is -0.310. The molecule has 0 radical (unpaired) electrons. The van der Waals surface area contributed by atoms with Crippen molar-refractivity contribution in [1.82, 2.24) is 24.8 Å². The zero-order valence-corrected chi connectivity index (χ0v) is 16.7. The van der Waals surface area contributed by atoms with Gasteiger partial charge in [0.25, 0.3) is 11.5 Å². The fourth-order valence-corrected chi connectivity index (χ4v) is 3.35. The standard InChI is InChI=1S/C19H27N5O4/c1-11(2)14-9-13(15-16(21-14)23(4)19(27)22-18(15)26)17(25)20-12(3)10-24-5-7-28-8-6-24/h9,11-12H,5-8,10H2,1-4H3,(H,20,25)(H,22,26,27). The molecule has 9 heteroatoms. The molecule has 0 saturated carbocycles. The number of amides is 1. The molecular formula is C19H27N5O4. The molecule has 9 nitrogen and oxygen atoms in total. The number of carbonyl (C=O) groups excluding carboxylic acids is 1. The maximum Gasteiger partial charge on any atom is 0.329 e. The van der Waals surface area contributed by atoms with E-state index in [9.17, 15) is 14.4 Å². The van der Waals surface area contributed by atoms with Gasteiger partial charge in [0, 0.05) is 38.4 Å². The topological polar surface area (TPSA) is 109 Å². The normalized spacial score (nSPS) is 16.5. The van der Waals surface area contributed by atoms with E-state index in [2.05, 4.69) is 20.2 Å². The highest BCUT2D eigenvalue weighted by atomic mass is 16.5. The van der Waals surface area contributed by atoms with E-state index in [0.29, 0.717) is 25.5 Å². The minimum absolute atomic E-state index is 0.0381. The molecule has 0 bridgehead atoms. The predicted octanol–water partition coefficient (Wildman–Crippen LogP) is 0.196. The van der Waals surface area contributed by atoms with Gasteiger partial charge in [-0.1, -0.05) is 13.8 Å². The van der Waals surface area contributed by atoms with Crippen molar-refractivity contribution >= 4 is 16.9 Å². The van der Waals surface area contributed by atoms with Gasteiger partial charge in [-0.15, -0.1) is 0 Å². The molecule has 28 heavy (non-hydrogen) atoms. The number of carbonyl (C=O) groups is 1. The van der Waals surface area contributed by atoms with Crippen LogP contribution in [-0.2, 0) is 11.8 Å². The van der Waals surface area contributed by atoms with Crippen molar-refractivity contribution in [2.24, 2.45) is 7.05 Å². The van der Waals surface area contributed by atoms with Crippen LogP contribution in [0, 0.1) is 0 Å². The summed E-state index contributed by atoms with van der Waals surface area (Å²) in [6, 6.07) is 1.53. The average molecular weight is 389 g/mol. The maximum absolute atomic E-state index is 13.0. The third kappa shape index (κ3) is 4.15. The number of hydrogen-bond donors (Lipinski definition) is 2. The third-order valence-corrected chi connectivity index (χ3v) is 4.94. The number of fused-ring (bicyclic) bond motifs is 1. The van der Waals surface area contributed by atoms with Gasteiger partial charge >= 0.3 is 5.69 Å². The minimum Gasteiger partial charge on any atom is -0.379 e. The van der Waals surface area contributed by atoms with Crippen molar-refractivity contribution in [1.29, 1.82) is 0 Å². The SMILES string of the molecule is CC(CN1CCOCC1)NC(=O)c1cc(C(C)C)nc2c1c(=O)[nH]c(=O)n2C. The van der Waals surface area contributed by atoms with Crippen molar-refractivity contribution < 1.29 is 9.53 Å². The third-order valence-electron chi connectivity index (χ3n) is 4.94. The van der Waals surface area contributed by atoms with Crippen molar-refractivity contribution in [2.75, 3.05) is 32.8 Å². The molecule has 3 rings (SSSR count). The van der Waals surface area contributed by atoms with Gasteiger partial charge in [0.1, 0.15) is 5.65 Å². The number of aromatic amines is 1. The number of nitrogens with one attached hydrogen (secondary N) is 2. The summed E-state index contributed by atoms with van der Waals surface area (Å²) in [6.07, 6.45) is 0. The summed E-state index contributed by atoms with van der Waals surface area (Å²) in [5.41, 5.74) is -0.0609. The Kier molecular flexibility index (Phi) is 5.95. The number of ether oxygens (including phenoxy) is 1. The van der Waals surface area contributed by atoms with Crippen LogP contribution in [0.5, 0.6) is 0 Å². The van der Waals surface area contributed by atoms with Crippen molar-refractivity contribution in [3.05, 3.63) is 38.2 Å². The largest absolute Gasteiger partial charge is 0.379 e. The first kappa shape index (κ1) is 20.2. The molecule has 2 aromatic heterocycles. The molecule has 2 N–H and O–H groups in total. The van der Waals surface area contributed by atoms with E-state index < -0.39 is 11.2 Å². The number of aryl methyl sites for hydroxylation is 1. The molecule has 1 aliphatic heterocycles. The van der Waals surface area contributed by atoms with E-state index >= 15 is 0 Å². The number of pyridine rings is 1. The van der Waals surface area contributed by atoms with Crippen LogP contribution in [0.3, 0.4) is 0 Å². The molecule has 1 saturated heterocycles. The van der Waals surface area contributed by atoms with E-state index in [1.807, 2.05) is 20.8 Å². The van der Waals surface area contributed by atoms with Crippen LogP contribution in [0.4, 0.5) is 0 Å². The van der Waals surface area contributed by atoms with Crippen molar-refractivity contribution in [2.45, 2.75) is 32.7 Å². The van der Waals surface area contributed by atoms with E-state index in [-0.39, 0.29) is 34.5 Å². The average Bonchev–Trinajstić information content (AvgIpc) is 2.65. The van der Waals surface area contributed by atoms with Crippen LogP contribution in [0.15, 0.2) is 15.7 Å². The predicted molar refractivity (Wildman–Crippen MR) is 106 cm³/mol. The van der Waals surface area contributed by atoms with Crippen molar-refractivity contribution in [3.8, 4) is 0 Å².